The van der Waals surface area contributed by atoms with Gasteiger partial charge in [0.2, 0.25) is 0 Å². The predicted octanol–water partition coefficient (Wildman–Crippen LogP) is 3.47. The molecule has 110 valence electrons. The summed E-state index contributed by atoms with van der Waals surface area (Å²) in [5.41, 5.74) is 2.41. The van der Waals surface area contributed by atoms with Gasteiger partial charge in [-0.15, -0.1) is 0 Å². The van der Waals surface area contributed by atoms with Crippen molar-refractivity contribution in [2.24, 2.45) is 0 Å². The monoisotopic (exact) mass is 281 g/mol. The van der Waals surface area contributed by atoms with Crippen molar-refractivity contribution < 1.29 is 5.11 Å². The van der Waals surface area contributed by atoms with Crippen molar-refractivity contribution in [1.29, 1.82) is 0 Å². The van der Waals surface area contributed by atoms with E-state index in [1.165, 1.54) is 5.56 Å². The highest BCUT2D eigenvalue weighted by atomic mass is 16.3. The van der Waals surface area contributed by atoms with Gasteiger partial charge < -0.3 is 10.4 Å². The molecule has 1 aliphatic rings. The smallest absolute Gasteiger partial charge is 0.0943 e. The zero-order chi connectivity index (χ0) is 14.5. The Kier molecular flexibility index (Phi) is 4.69. The van der Waals surface area contributed by atoms with E-state index < -0.39 is 6.10 Å². The lowest BCUT2D eigenvalue weighted by Crippen LogP contribution is -2.34. The van der Waals surface area contributed by atoms with E-state index in [2.05, 4.69) is 35.6 Å². The molecule has 2 aromatic carbocycles. The molecule has 1 saturated heterocycles. The topological polar surface area (TPSA) is 32.3 Å². The minimum absolute atomic E-state index is 0.188. The van der Waals surface area contributed by atoms with Gasteiger partial charge in [-0.05, 0) is 36.8 Å². The third-order valence-corrected chi connectivity index (χ3v) is 4.42. The largest absolute Gasteiger partial charge is 0.387 e. The fraction of sp³-hybridized carbons (Fsp3) is 0.368. The number of aryl methyl sites for hydroxylation is 1. The minimum atomic E-state index is -0.395. The lowest BCUT2D eigenvalue weighted by molar-refractivity contribution is 0.135. The van der Waals surface area contributed by atoms with Gasteiger partial charge in [0.05, 0.1) is 6.10 Å². The molecule has 3 atom stereocenters. The Morgan fingerprint density at radius 3 is 2.33 bits per heavy atom. The summed E-state index contributed by atoms with van der Waals surface area (Å²) in [6.07, 6.45) is 4.05. The number of hydrogen-bond acceptors (Lipinski definition) is 2. The Hall–Kier alpha value is -1.64. The number of benzene rings is 2. The second-order valence-electron chi connectivity index (χ2n) is 5.93. The van der Waals surface area contributed by atoms with Crippen LogP contribution in [0.25, 0.3) is 0 Å². The molecule has 21 heavy (non-hydrogen) atoms. The van der Waals surface area contributed by atoms with Gasteiger partial charge in [-0.2, -0.15) is 0 Å². The maximum Gasteiger partial charge on any atom is 0.0943 e. The van der Waals surface area contributed by atoms with Gasteiger partial charge >= 0.3 is 0 Å². The summed E-state index contributed by atoms with van der Waals surface area (Å²) in [6, 6.07) is 21.3. The number of aliphatic hydroxyl groups is 1. The van der Waals surface area contributed by atoms with E-state index >= 15 is 0 Å². The number of rotatable bonds is 5. The first-order chi connectivity index (χ1) is 10.3. The first-order valence-corrected chi connectivity index (χ1v) is 7.86. The molecule has 1 aliphatic heterocycles. The summed E-state index contributed by atoms with van der Waals surface area (Å²) < 4.78 is 0. The first kappa shape index (κ1) is 14.3. The zero-order valence-electron chi connectivity index (χ0n) is 12.3. The summed E-state index contributed by atoms with van der Waals surface area (Å²) in [4.78, 5) is 0. The summed E-state index contributed by atoms with van der Waals surface area (Å²) in [7, 11) is 0. The zero-order valence-corrected chi connectivity index (χ0v) is 12.3. The Morgan fingerprint density at radius 2 is 1.62 bits per heavy atom. The summed E-state index contributed by atoms with van der Waals surface area (Å²) in [6.45, 7) is 0. The van der Waals surface area contributed by atoms with Crippen molar-refractivity contribution in [2.45, 2.75) is 43.9 Å². The van der Waals surface area contributed by atoms with Crippen LogP contribution in [0.5, 0.6) is 0 Å². The third-order valence-electron chi connectivity index (χ3n) is 4.42. The minimum Gasteiger partial charge on any atom is -0.387 e. The summed E-state index contributed by atoms with van der Waals surface area (Å²) in [5.74, 6) is 0. The lowest BCUT2D eigenvalue weighted by Gasteiger charge is -2.20. The predicted molar refractivity (Wildman–Crippen MR) is 86.1 cm³/mol. The van der Waals surface area contributed by atoms with E-state index in [1.807, 2.05) is 30.3 Å². The Labute approximate surface area is 126 Å². The molecule has 0 bridgehead atoms. The van der Waals surface area contributed by atoms with Crippen LogP contribution in [-0.2, 0) is 6.42 Å². The molecule has 0 aromatic heterocycles. The highest BCUT2D eigenvalue weighted by Crippen LogP contribution is 2.26. The molecule has 0 saturated carbocycles. The van der Waals surface area contributed by atoms with Crippen LogP contribution in [0, 0.1) is 0 Å². The molecule has 0 spiro atoms. The average molecular weight is 281 g/mol. The van der Waals surface area contributed by atoms with Crippen molar-refractivity contribution in [2.75, 3.05) is 0 Å². The summed E-state index contributed by atoms with van der Waals surface area (Å²) >= 11 is 0. The Balaban J connectivity index is 1.51. The molecule has 1 fully saturated rings. The highest BCUT2D eigenvalue weighted by molar-refractivity contribution is 5.19. The van der Waals surface area contributed by atoms with Crippen LogP contribution in [0.3, 0.4) is 0 Å². The molecule has 2 aromatic rings. The molecule has 2 heteroatoms. The van der Waals surface area contributed by atoms with Gasteiger partial charge in [0.1, 0.15) is 0 Å². The molecule has 0 aliphatic carbocycles. The van der Waals surface area contributed by atoms with Crippen LogP contribution in [-0.4, -0.2) is 17.2 Å². The SMILES string of the molecule is OC(c1ccccc1)[C@@H]1CC[C@H](CCc2ccccc2)N1. The molecule has 0 amide bonds. The Morgan fingerprint density at radius 1 is 0.952 bits per heavy atom. The van der Waals surface area contributed by atoms with Crippen LogP contribution in [0.4, 0.5) is 0 Å². The first-order valence-electron chi connectivity index (χ1n) is 7.86. The van der Waals surface area contributed by atoms with Gasteiger partial charge in [0.25, 0.3) is 0 Å². The molecule has 2 nitrogen and oxygen atoms in total. The van der Waals surface area contributed by atoms with Crippen LogP contribution < -0.4 is 5.32 Å². The molecular weight excluding hydrogens is 258 g/mol. The normalized spacial score (nSPS) is 23.1. The van der Waals surface area contributed by atoms with E-state index in [0.29, 0.717) is 6.04 Å². The fourth-order valence-corrected chi connectivity index (χ4v) is 3.19. The Bertz CT molecular complexity index is 540. The quantitative estimate of drug-likeness (QED) is 0.879. The van der Waals surface area contributed by atoms with Crippen LogP contribution >= 0.6 is 0 Å². The molecule has 3 rings (SSSR count). The molecule has 2 N–H and O–H groups in total. The second kappa shape index (κ2) is 6.88. The second-order valence-corrected chi connectivity index (χ2v) is 5.93. The highest BCUT2D eigenvalue weighted by Gasteiger charge is 2.29. The van der Waals surface area contributed by atoms with E-state index in [0.717, 1.165) is 31.2 Å². The third kappa shape index (κ3) is 3.72. The summed E-state index contributed by atoms with van der Waals surface area (Å²) in [5, 5.41) is 14.1. The maximum atomic E-state index is 10.5. The molecule has 0 radical (unpaired) electrons. The number of aliphatic hydroxyl groups excluding tert-OH is 1. The number of hydrogen-bond donors (Lipinski definition) is 2. The maximum absolute atomic E-state index is 10.5. The standard InChI is InChI=1S/C19H23NO/c21-19(16-9-5-2-6-10-16)18-14-13-17(20-18)12-11-15-7-3-1-4-8-15/h1-10,17-21H,11-14H2/t17-,18-,19?/m0/s1. The fourth-order valence-electron chi connectivity index (χ4n) is 3.19. The van der Waals surface area contributed by atoms with E-state index in [-0.39, 0.29) is 6.04 Å². The van der Waals surface area contributed by atoms with Crippen LogP contribution in [0.15, 0.2) is 60.7 Å². The van der Waals surface area contributed by atoms with Crippen molar-refractivity contribution in [1.82, 2.24) is 5.32 Å². The molecule has 1 heterocycles. The van der Waals surface area contributed by atoms with E-state index in [9.17, 15) is 5.11 Å². The lowest BCUT2D eigenvalue weighted by atomic mass is 10.0. The van der Waals surface area contributed by atoms with Crippen LogP contribution in [0.1, 0.15) is 36.5 Å². The van der Waals surface area contributed by atoms with E-state index in [4.69, 9.17) is 0 Å². The van der Waals surface area contributed by atoms with Gasteiger partial charge in [-0.3, -0.25) is 0 Å². The van der Waals surface area contributed by atoms with E-state index in [1.54, 1.807) is 0 Å². The average Bonchev–Trinajstić information content (AvgIpc) is 3.03. The molecule has 1 unspecified atom stereocenters. The van der Waals surface area contributed by atoms with Crippen LogP contribution in [0.2, 0.25) is 0 Å². The van der Waals surface area contributed by atoms with Crippen molar-refractivity contribution >= 4 is 0 Å². The van der Waals surface area contributed by atoms with Crippen molar-refractivity contribution in [3.63, 3.8) is 0 Å². The van der Waals surface area contributed by atoms with Gasteiger partial charge in [0, 0.05) is 12.1 Å². The van der Waals surface area contributed by atoms with Crippen molar-refractivity contribution in [3.05, 3.63) is 71.8 Å². The number of nitrogens with one attached hydrogen (secondary N) is 1. The van der Waals surface area contributed by atoms with Gasteiger partial charge in [0.15, 0.2) is 0 Å². The van der Waals surface area contributed by atoms with Crippen molar-refractivity contribution in [3.8, 4) is 0 Å². The van der Waals surface area contributed by atoms with Gasteiger partial charge in [-0.25, -0.2) is 0 Å². The molecular formula is C19H23NO. The van der Waals surface area contributed by atoms with Gasteiger partial charge in [-0.1, -0.05) is 60.7 Å².